The Labute approximate surface area is 223 Å². The molecular weight excluding hydrogens is 482 g/mol. The summed E-state index contributed by atoms with van der Waals surface area (Å²) in [6.07, 6.45) is 0.830. The van der Waals surface area contributed by atoms with Crippen LogP contribution in [0, 0.1) is 13.8 Å². The van der Waals surface area contributed by atoms with Crippen molar-refractivity contribution in [3.63, 3.8) is 0 Å². The molecule has 1 heterocycles. The van der Waals surface area contributed by atoms with Crippen molar-refractivity contribution in [3.8, 4) is 17.2 Å². The van der Waals surface area contributed by atoms with Crippen molar-refractivity contribution in [3.05, 3.63) is 88.5 Å². The van der Waals surface area contributed by atoms with Crippen molar-refractivity contribution < 1.29 is 28.9 Å². The molecule has 0 radical (unpaired) electrons. The lowest BCUT2D eigenvalue weighted by molar-refractivity contribution is -0.132. The summed E-state index contributed by atoms with van der Waals surface area (Å²) in [6.45, 7) is 8.66. The van der Waals surface area contributed by atoms with Gasteiger partial charge in [0, 0.05) is 11.3 Å². The van der Waals surface area contributed by atoms with Gasteiger partial charge in [-0.1, -0.05) is 31.2 Å². The van der Waals surface area contributed by atoms with Crippen LogP contribution in [0.5, 0.6) is 17.2 Å². The van der Waals surface area contributed by atoms with E-state index in [2.05, 4.69) is 0 Å². The molecule has 1 atom stereocenters. The number of nitrogens with zero attached hydrogens (tertiary/aromatic N) is 1. The number of benzene rings is 3. The number of amides is 1. The molecule has 1 fully saturated rings. The van der Waals surface area contributed by atoms with Crippen molar-refractivity contribution in [1.29, 1.82) is 0 Å². The first-order chi connectivity index (χ1) is 18.3. The van der Waals surface area contributed by atoms with Crippen molar-refractivity contribution >= 4 is 23.1 Å². The molecule has 38 heavy (non-hydrogen) atoms. The van der Waals surface area contributed by atoms with E-state index in [0.717, 1.165) is 17.5 Å². The standard InChI is InChI=1S/C31H33NO6/c1-6-13-38-24-10-8-9-22(17-24)29(33)27-28(21-11-12-25(36-5)26(18-21)37-7-2)32(31(35)30(27)34)23-15-19(3)14-20(4)16-23/h8-12,14-18,28,33H,6-7,13H2,1-5H3/b29-27-. The predicted octanol–water partition coefficient (Wildman–Crippen LogP) is 6.13. The van der Waals surface area contributed by atoms with Crippen molar-refractivity contribution in [1.82, 2.24) is 0 Å². The number of rotatable bonds is 9. The first-order valence-corrected chi connectivity index (χ1v) is 12.7. The smallest absolute Gasteiger partial charge is 0.300 e. The highest BCUT2D eigenvalue weighted by molar-refractivity contribution is 6.51. The molecule has 0 spiro atoms. The average molecular weight is 516 g/mol. The van der Waals surface area contributed by atoms with E-state index >= 15 is 0 Å². The average Bonchev–Trinajstić information content (AvgIpc) is 3.17. The van der Waals surface area contributed by atoms with E-state index < -0.39 is 17.7 Å². The van der Waals surface area contributed by atoms with Crippen LogP contribution < -0.4 is 19.1 Å². The first-order valence-electron chi connectivity index (χ1n) is 12.7. The van der Waals surface area contributed by atoms with Crippen LogP contribution in [0.1, 0.15) is 48.6 Å². The minimum absolute atomic E-state index is 0.00517. The van der Waals surface area contributed by atoms with Gasteiger partial charge in [-0.15, -0.1) is 0 Å². The maximum absolute atomic E-state index is 13.6. The third-order valence-corrected chi connectivity index (χ3v) is 6.31. The monoisotopic (exact) mass is 515 g/mol. The first kappa shape index (κ1) is 26.8. The van der Waals surface area contributed by atoms with E-state index in [4.69, 9.17) is 14.2 Å². The van der Waals surface area contributed by atoms with Gasteiger partial charge in [0.1, 0.15) is 11.5 Å². The maximum Gasteiger partial charge on any atom is 0.300 e. The summed E-state index contributed by atoms with van der Waals surface area (Å²) in [7, 11) is 1.55. The Hall–Kier alpha value is -4.26. The Balaban J connectivity index is 1.94. The second-order valence-electron chi connectivity index (χ2n) is 9.23. The summed E-state index contributed by atoms with van der Waals surface area (Å²) >= 11 is 0. The predicted molar refractivity (Wildman–Crippen MR) is 147 cm³/mol. The maximum atomic E-state index is 13.6. The molecular formula is C31H33NO6. The second-order valence-corrected chi connectivity index (χ2v) is 9.23. The van der Waals surface area contributed by atoms with Gasteiger partial charge < -0.3 is 19.3 Å². The van der Waals surface area contributed by atoms with Gasteiger partial charge >= 0.3 is 0 Å². The number of methoxy groups -OCH3 is 1. The van der Waals surface area contributed by atoms with E-state index in [0.29, 0.717) is 47.3 Å². The van der Waals surface area contributed by atoms with Crippen LogP contribution in [0.4, 0.5) is 5.69 Å². The molecule has 3 aromatic rings. The number of hydrogen-bond acceptors (Lipinski definition) is 6. The summed E-state index contributed by atoms with van der Waals surface area (Å²) in [5, 5.41) is 11.5. The Bertz CT molecular complexity index is 1370. The van der Waals surface area contributed by atoms with Gasteiger partial charge in [-0.2, -0.15) is 0 Å². The summed E-state index contributed by atoms with van der Waals surface area (Å²) in [4.78, 5) is 28.5. The van der Waals surface area contributed by atoms with Crippen molar-refractivity contribution in [2.45, 2.75) is 40.2 Å². The third kappa shape index (κ3) is 5.23. The number of aliphatic hydroxyl groups excluding tert-OH is 1. The van der Waals surface area contributed by atoms with Crippen molar-refractivity contribution in [2.75, 3.05) is 25.2 Å². The minimum Gasteiger partial charge on any atom is -0.507 e. The Morgan fingerprint density at radius 1 is 0.921 bits per heavy atom. The molecule has 1 N–H and O–H groups in total. The van der Waals surface area contributed by atoms with Crippen LogP contribution in [0.15, 0.2) is 66.2 Å². The second kappa shape index (κ2) is 11.4. The highest BCUT2D eigenvalue weighted by atomic mass is 16.5. The van der Waals surface area contributed by atoms with Crippen LogP contribution in [0.2, 0.25) is 0 Å². The zero-order valence-corrected chi connectivity index (χ0v) is 22.4. The molecule has 1 unspecified atom stereocenters. The van der Waals surface area contributed by atoms with E-state index in [9.17, 15) is 14.7 Å². The van der Waals surface area contributed by atoms with Crippen LogP contribution >= 0.6 is 0 Å². The molecule has 0 saturated carbocycles. The van der Waals surface area contributed by atoms with Crippen LogP contribution in [-0.2, 0) is 9.59 Å². The molecule has 0 aliphatic carbocycles. The molecule has 1 aliphatic rings. The van der Waals surface area contributed by atoms with Gasteiger partial charge in [0.15, 0.2) is 11.5 Å². The quantitative estimate of drug-likeness (QED) is 0.210. The zero-order chi connectivity index (χ0) is 27.4. The lowest BCUT2D eigenvalue weighted by Gasteiger charge is -2.27. The summed E-state index contributed by atoms with van der Waals surface area (Å²) in [6, 6.07) is 17.0. The molecule has 7 heteroatoms. The molecule has 1 saturated heterocycles. The van der Waals surface area contributed by atoms with E-state index in [1.54, 1.807) is 49.6 Å². The SMILES string of the molecule is CCCOc1cccc(/C(O)=C2/C(=O)C(=O)N(c3cc(C)cc(C)c3)C2c2ccc(OC)c(OCC)c2)c1. The summed E-state index contributed by atoms with van der Waals surface area (Å²) in [5.41, 5.74) is 3.46. The van der Waals surface area contributed by atoms with Gasteiger partial charge in [-0.25, -0.2) is 0 Å². The summed E-state index contributed by atoms with van der Waals surface area (Å²) in [5.74, 6) is -0.169. The molecule has 0 bridgehead atoms. The van der Waals surface area contributed by atoms with E-state index in [-0.39, 0.29) is 11.3 Å². The van der Waals surface area contributed by atoms with Gasteiger partial charge in [0.05, 0.1) is 31.9 Å². The number of hydrogen-bond donors (Lipinski definition) is 1. The molecule has 1 aliphatic heterocycles. The topological polar surface area (TPSA) is 85.3 Å². The van der Waals surface area contributed by atoms with Crippen LogP contribution in [-0.4, -0.2) is 37.1 Å². The van der Waals surface area contributed by atoms with Crippen molar-refractivity contribution in [2.24, 2.45) is 0 Å². The molecule has 1 amide bonds. The Kier molecular flexibility index (Phi) is 8.05. The number of aryl methyl sites for hydroxylation is 2. The minimum atomic E-state index is -0.887. The number of ether oxygens (including phenoxy) is 3. The normalized spacial score (nSPS) is 16.6. The number of carbonyl (C=O) groups excluding carboxylic acids is 2. The van der Waals surface area contributed by atoms with Crippen LogP contribution in [0.3, 0.4) is 0 Å². The van der Waals surface area contributed by atoms with Gasteiger partial charge in [-0.3, -0.25) is 14.5 Å². The fraction of sp³-hybridized carbons (Fsp3) is 0.290. The van der Waals surface area contributed by atoms with E-state index in [1.165, 1.54) is 4.90 Å². The summed E-state index contributed by atoms with van der Waals surface area (Å²) < 4.78 is 17.0. The lowest BCUT2D eigenvalue weighted by Crippen LogP contribution is -2.29. The Morgan fingerprint density at radius 2 is 1.66 bits per heavy atom. The largest absolute Gasteiger partial charge is 0.507 e. The number of carbonyl (C=O) groups is 2. The molecule has 0 aromatic heterocycles. The zero-order valence-electron chi connectivity index (χ0n) is 22.4. The van der Waals surface area contributed by atoms with Gasteiger partial charge in [0.2, 0.25) is 0 Å². The third-order valence-electron chi connectivity index (χ3n) is 6.31. The molecule has 198 valence electrons. The number of anilines is 1. The highest BCUT2D eigenvalue weighted by Gasteiger charge is 2.47. The number of ketones is 1. The van der Waals surface area contributed by atoms with Crippen LogP contribution in [0.25, 0.3) is 5.76 Å². The number of aliphatic hydroxyl groups is 1. The lowest BCUT2D eigenvalue weighted by atomic mass is 9.94. The number of Topliss-reactive ketones (excluding diaryl/α,β-unsaturated/α-hetero) is 1. The molecule has 4 rings (SSSR count). The Morgan fingerprint density at radius 3 is 2.32 bits per heavy atom. The fourth-order valence-electron chi connectivity index (χ4n) is 4.74. The van der Waals surface area contributed by atoms with E-state index in [1.807, 2.05) is 45.9 Å². The fourth-order valence-corrected chi connectivity index (χ4v) is 4.74. The molecule has 3 aromatic carbocycles. The van der Waals surface area contributed by atoms with Gasteiger partial charge in [0.25, 0.3) is 11.7 Å². The highest BCUT2D eigenvalue weighted by Crippen LogP contribution is 2.44. The van der Waals surface area contributed by atoms with Gasteiger partial charge in [-0.05, 0) is 80.3 Å². The molecule has 7 nitrogen and oxygen atoms in total.